The van der Waals surface area contributed by atoms with E-state index in [1.54, 1.807) is 28.0 Å². The fourth-order valence-electron chi connectivity index (χ4n) is 3.12. The zero-order chi connectivity index (χ0) is 19.6. The molecule has 27 heavy (non-hydrogen) atoms. The number of nitrogen functional groups attached to an aromatic ring is 1. The van der Waals surface area contributed by atoms with Crippen molar-refractivity contribution in [2.45, 2.75) is 19.4 Å². The van der Waals surface area contributed by atoms with Gasteiger partial charge in [0, 0.05) is 57.3 Å². The molecular formula is C19H24N6O2. The van der Waals surface area contributed by atoms with Crippen molar-refractivity contribution in [3.63, 3.8) is 0 Å². The number of aromatic nitrogens is 2. The zero-order valence-corrected chi connectivity index (χ0v) is 15.8. The number of nitrogens with zero attached hydrogens (tertiary/aromatic N) is 4. The first-order valence-corrected chi connectivity index (χ1v) is 8.82. The van der Waals surface area contributed by atoms with E-state index in [0.717, 1.165) is 12.0 Å². The van der Waals surface area contributed by atoms with Crippen molar-refractivity contribution < 1.29 is 9.59 Å². The molecule has 2 aromatic rings. The van der Waals surface area contributed by atoms with E-state index >= 15 is 0 Å². The molecule has 8 heteroatoms. The molecule has 0 aliphatic carbocycles. The van der Waals surface area contributed by atoms with Crippen LogP contribution in [-0.2, 0) is 4.79 Å². The Bertz CT molecular complexity index is 850. The molecule has 3 rings (SSSR count). The largest absolute Gasteiger partial charge is 0.384 e. The van der Waals surface area contributed by atoms with Gasteiger partial charge in [-0.3, -0.25) is 9.59 Å². The van der Waals surface area contributed by atoms with Crippen LogP contribution < -0.4 is 16.0 Å². The molecular weight excluding hydrogens is 344 g/mol. The third-order valence-corrected chi connectivity index (χ3v) is 4.44. The maximum atomic E-state index is 12.7. The number of benzene rings is 1. The first-order valence-electron chi connectivity index (χ1n) is 8.82. The van der Waals surface area contributed by atoms with Gasteiger partial charge in [-0.2, -0.15) is 4.98 Å². The molecule has 0 spiro atoms. The van der Waals surface area contributed by atoms with Gasteiger partial charge in [-0.25, -0.2) is 4.98 Å². The third-order valence-electron chi connectivity index (χ3n) is 4.44. The van der Waals surface area contributed by atoms with Crippen molar-refractivity contribution in [3.8, 4) is 11.3 Å². The molecule has 1 aliphatic rings. The van der Waals surface area contributed by atoms with E-state index in [1.807, 2.05) is 26.2 Å². The highest BCUT2D eigenvalue weighted by Gasteiger charge is 2.27. The number of rotatable bonds is 4. The summed E-state index contributed by atoms with van der Waals surface area (Å²) in [6, 6.07) is 9.03. The SMILES string of the molecule is CC(=O)NC1CCN(C(=O)c2ccc(-c3cc(N)nc(N(C)C)n3)cc2)C1. The molecule has 2 amide bonds. The quantitative estimate of drug-likeness (QED) is 0.839. The minimum atomic E-state index is -0.0696. The topological polar surface area (TPSA) is 104 Å². The molecule has 8 nitrogen and oxygen atoms in total. The molecule has 2 heterocycles. The number of nitrogens with one attached hydrogen (secondary N) is 1. The summed E-state index contributed by atoms with van der Waals surface area (Å²) in [5, 5.41) is 2.87. The van der Waals surface area contributed by atoms with E-state index in [4.69, 9.17) is 5.73 Å². The monoisotopic (exact) mass is 368 g/mol. The molecule has 0 radical (unpaired) electrons. The molecule has 1 atom stereocenters. The van der Waals surface area contributed by atoms with E-state index < -0.39 is 0 Å². The fraction of sp³-hybridized carbons (Fsp3) is 0.368. The van der Waals surface area contributed by atoms with Crippen LogP contribution in [0.2, 0.25) is 0 Å². The van der Waals surface area contributed by atoms with Gasteiger partial charge in [0.1, 0.15) is 5.82 Å². The standard InChI is InChI=1S/C19H24N6O2/c1-12(26)21-15-8-9-25(11-15)18(27)14-6-4-13(5-7-14)16-10-17(20)23-19(22-16)24(2)3/h4-7,10,15H,8-9,11H2,1-3H3,(H,21,26)(H2,20,22,23). The lowest BCUT2D eigenvalue weighted by Crippen LogP contribution is -2.37. The smallest absolute Gasteiger partial charge is 0.253 e. The molecule has 142 valence electrons. The Balaban J connectivity index is 1.74. The third kappa shape index (κ3) is 4.33. The molecule has 0 saturated carbocycles. The van der Waals surface area contributed by atoms with Crippen molar-refractivity contribution in [1.82, 2.24) is 20.2 Å². The summed E-state index contributed by atoms with van der Waals surface area (Å²) < 4.78 is 0. The normalized spacial score (nSPS) is 16.3. The second kappa shape index (κ2) is 7.61. The zero-order valence-electron chi connectivity index (χ0n) is 15.8. The lowest BCUT2D eigenvalue weighted by molar-refractivity contribution is -0.119. The number of carbonyl (C=O) groups is 2. The van der Waals surface area contributed by atoms with Gasteiger partial charge in [0.2, 0.25) is 11.9 Å². The van der Waals surface area contributed by atoms with Gasteiger partial charge in [0.05, 0.1) is 5.69 Å². The van der Waals surface area contributed by atoms with Crippen molar-refractivity contribution in [1.29, 1.82) is 0 Å². The Morgan fingerprint density at radius 2 is 1.93 bits per heavy atom. The summed E-state index contributed by atoms with van der Waals surface area (Å²) in [6.45, 7) is 2.67. The highest BCUT2D eigenvalue weighted by molar-refractivity contribution is 5.95. The summed E-state index contributed by atoms with van der Waals surface area (Å²) >= 11 is 0. The summed E-state index contributed by atoms with van der Waals surface area (Å²) in [6.07, 6.45) is 0.775. The number of carbonyl (C=O) groups excluding carboxylic acids is 2. The van der Waals surface area contributed by atoms with Crippen LogP contribution in [0.3, 0.4) is 0 Å². The van der Waals surface area contributed by atoms with Crippen LogP contribution in [0.15, 0.2) is 30.3 Å². The molecule has 1 aliphatic heterocycles. The molecule has 3 N–H and O–H groups in total. The average molecular weight is 368 g/mol. The van der Waals surface area contributed by atoms with E-state index in [1.165, 1.54) is 6.92 Å². The van der Waals surface area contributed by atoms with Crippen molar-refractivity contribution >= 4 is 23.6 Å². The predicted octanol–water partition coefficient (Wildman–Crippen LogP) is 1.14. The van der Waals surface area contributed by atoms with Crippen LogP contribution in [0.4, 0.5) is 11.8 Å². The van der Waals surface area contributed by atoms with Gasteiger partial charge in [-0.15, -0.1) is 0 Å². The summed E-state index contributed by atoms with van der Waals surface area (Å²) in [4.78, 5) is 36.1. The minimum absolute atomic E-state index is 0.0270. The van der Waals surface area contributed by atoms with Crippen LogP contribution in [0.5, 0.6) is 0 Å². The summed E-state index contributed by atoms with van der Waals surface area (Å²) in [5.74, 6) is 0.821. The number of hydrogen-bond donors (Lipinski definition) is 2. The van der Waals surface area contributed by atoms with Crippen LogP contribution in [0.1, 0.15) is 23.7 Å². The number of nitrogens with two attached hydrogens (primary N) is 1. The van der Waals surface area contributed by atoms with E-state index in [-0.39, 0.29) is 17.9 Å². The highest BCUT2D eigenvalue weighted by atomic mass is 16.2. The highest BCUT2D eigenvalue weighted by Crippen LogP contribution is 2.22. The maximum Gasteiger partial charge on any atom is 0.253 e. The predicted molar refractivity (Wildman–Crippen MR) is 104 cm³/mol. The lowest BCUT2D eigenvalue weighted by Gasteiger charge is -2.17. The second-order valence-corrected chi connectivity index (χ2v) is 6.89. The molecule has 1 fully saturated rings. The Kier molecular flexibility index (Phi) is 5.25. The maximum absolute atomic E-state index is 12.7. The molecule has 1 aromatic carbocycles. The Labute approximate surface area is 158 Å². The van der Waals surface area contributed by atoms with Crippen molar-refractivity contribution in [2.75, 3.05) is 37.8 Å². The van der Waals surface area contributed by atoms with Gasteiger partial charge in [0.15, 0.2) is 0 Å². The van der Waals surface area contributed by atoms with Gasteiger partial charge < -0.3 is 20.9 Å². The summed E-state index contributed by atoms with van der Waals surface area (Å²) in [5.41, 5.74) is 8.05. The fourth-order valence-corrected chi connectivity index (χ4v) is 3.12. The molecule has 0 bridgehead atoms. The van der Waals surface area contributed by atoms with Crippen LogP contribution >= 0.6 is 0 Å². The molecule has 1 saturated heterocycles. The average Bonchev–Trinajstić information content (AvgIpc) is 3.08. The van der Waals surface area contributed by atoms with E-state index in [9.17, 15) is 9.59 Å². The Morgan fingerprint density at radius 1 is 1.22 bits per heavy atom. The van der Waals surface area contributed by atoms with E-state index in [2.05, 4.69) is 15.3 Å². The lowest BCUT2D eigenvalue weighted by atomic mass is 10.1. The van der Waals surface area contributed by atoms with Crippen LogP contribution in [0, 0.1) is 0 Å². The number of anilines is 2. The summed E-state index contributed by atoms with van der Waals surface area (Å²) in [7, 11) is 3.70. The first kappa shape index (κ1) is 18.6. The Hall–Kier alpha value is -3.16. The molecule has 1 unspecified atom stereocenters. The van der Waals surface area contributed by atoms with Gasteiger partial charge in [0.25, 0.3) is 5.91 Å². The van der Waals surface area contributed by atoms with Gasteiger partial charge >= 0.3 is 0 Å². The van der Waals surface area contributed by atoms with Crippen molar-refractivity contribution in [3.05, 3.63) is 35.9 Å². The van der Waals surface area contributed by atoms with Crippen molar-refractivity contribution in [2.24, 2.45) is 0 Å². The second-order valence-electron chi connectivity index (χ2n) is 6.89. The first-order chi connectivity index (χ1) is 12.8. The van der Waals surface area contributed by atoms with Crippen LogP contribution in [0.25, 0.3) is 11.3 Å². The number of amides is 2. The van der Waals surface area contributed by atoms with Crippen LogP contribution in [-0.4, -0.2) is 59.9 Å². The minimum Gasteiger partial charge on any atom is -0.384 e. The van der Waals surface area contributed by atoms with Gasteiger partial charge in [-0.05, 0) is 18.6 Å². The molecule has 1 aromatic heterocycles. The number of likely N-dealkylation sites (tertiary alicyclic amines) is 1. The van der Waals surface area contributed by atoms with Gasteiger partial charge in [-0.1, -0.05) is 12.1 Å². The van der Waals surface area contributed by atoms with E-state index in [0.29, 0.717) is 36.1 Å². The Morgan fingerprint density at radius 3 is 2.56 bits per heavy atom. The number of hydrogen-bond acceptors (Lipinski definition) is 6.